The normalized spacial score (nSPS) is 16.1. The second kappa shape index (κ2) is 9.57. The van der Waals surface area contributed by atoms with Gasteiger partial charge in [0.15, 0.2) is 0 Å². The first-order valence-corrected chi connectivity index (χ1v) is 10.4. The number of carbonyl (C=O) groups is 1. The van der Waals surface area contributed by atoms with Crippen LogP contribution in [-0.2, 0) is 0 Å². The maximum atomic E-state index is 13.0. The van der Waals surface area contributed by atoms with Crippen LogP contribution in [0.2, 0.25) is 0 Å². The first kappa shape index (κ1) is 21.6. The number of benzene rings is 1. The number of hydrogen-bond acceptors (Lipinski definition) is 4. The van der Waals surface area contributed by atoms with Crippen LogP contribution in [0.4, 0.5) is 0 Å². The van der Waals surface area contributed by atoms with E-state index in [4.69, 9.17) is 0 Å². The van der Waals surface area contributed by atoms with Crippen LogP contribution in [0.3, 0.4) is 0 Å². The molecule has 0 bridgehead atoms. The van der Waals surface area contributed by atoms with Gasteiger partial charge in [-0.1, -0.05) is 31.1 Å². The Labute approximate surface area is 177 Å². The number of aliphatic hydroxyl groups is 1. The molecule has 3 rings (SSSR count). The van der Waals surface area contributed by atoms with Gasteiger partial charge in [-0.25, -0.2) is 4.79 Å². The van der Waals surface area contributed by atoms with E-state index in [1.165, 1.54) is 12.8 Å². The Morgan fingerprint density at radius 1 is 1.10 bits per heavy atom. The van der Waals surface area contributed by atoms with Crippen molar-refractivity contribution >= 4 is 11.5 Å². The Kier molecular flexibility index (Phi) is 6.87. The maximum Gasteiger partial charge on any atom is 0.345 e. The number of allylic oxidation sites excluding steroid dienone is 4. The topological polar surface area (TPSA) is 86.3 Å². The van der Waals surface area contributed by atoms with Gasteiger partial charge >= 0.3 is 5.69 Å². The number of aliphatic hydroxyl groups excluding tert-OH is 1. The minimum atomic E-state index is -0.457. The molecule has 1 aliphatic rings. The van der Waals surface area contributed by atoms with Gasteiger partial charge in [-0.05, 0) is 68.5 Å². The van der Waals surface area contributed by atoms with Gasteiger partial charge < -0.3 is 15.0 Å². The van der Waals surface area contributed by atoms with E-state index in [1.807, 2.05) is 36.1 Å². The highest BCUT2D eigenvalue weighted by Crippen LogP contribution is 2.22. The summed E-state index contributed by atoms with van der Waals surface area (Å²) in [4.78, 5) is 33.9. The third-order valence-corrected chi connectivity index (χ3v) is 5.47. The number of hydrogen-bond donors (Lipinski definition) is 2. The Balaban J connectivity index is 1.94. The summed E-state index contributed by atoms with van der Waals surface area (Å²) in [5, 5.41) is 9.62. The molecule has 2 N–H and O–H groups in total. The average Bonchev–Trinajstić information content (AvgIpc) is 3.02. The van der Waals surface area contributed by atoms with E-state index in [-0.39, 0.29) is 11.7 Å². The lowest BCUT2D eigenvalue weighted by Gasteiger charge is -2.20. The van der Waals surface area contributed by atoms with Crippen LogP contribution in [0.15, 0.2) is 52.5 Å². The van der Waals surface area contributed by atoms with Gasteiger partial charge in [0.05, 0.1) is 17.1 Å². The summed E-state index contributed by atoms with van der Waals surface area (Å²) in [7, 11) is 0. The van der Waals surface area contributed by atoms with E-state index >= 15 is 0 Å². The van der Waals surface area contributed by atoms with Crippen molar-refractivity contribution < 1.29 is 9.90 Å². The standard InChI is InChI=1S/C24H29N3O3/c1-16(18(3)28)13-17(2)21-15-22(26-24(30)25-21)19-9-8-10-20(14-19)23(29)27-11-6-4-5-7-12-27/h8-10,13-15,28H,4-7,11-12H2,1-3H3,(H,25,26,30)/b17-13+,18-16+. The Bertz CT molecular complexity index is 1040. The van der Waals surface area contributed by atoms with Gasteiger partial charge in [-0.2, -0.15) is 4.98 Å². The van der Waals surface area contributed by atoms with Gasteiger partial charge in [0.25, 0.3) is 5.91 Å². The van der Waals surface area contributed by atoms with Crippen molar-refractivity contribution in [2.24, 2.45) is 0 Å². The molecule has 2 aromatic rings. The van der Waals surface area contributed by atoms with Gasteiger partial charge in [-0.3, -0.25) is 4.79 Å². The summed E-state index contributed by atoms with van der Waals surface area (Å²) in [5.74, 6) is 0.254. The minimum absolute atomic E-state index is 0.0330. The van der Waals surface area contributed by atoms with E-state index < -0.39 is 5.69 Å². The summed E-state index contributed by atoms with van der Waals surface area (Å²) in [6.07, 6.45) is 6.21. The Hall–Kier alpha value is -3.15. The number of H-pyrrole nitrogens is 1. The minimum Gasteiger partial charge on any atom is -0.512 e. The van der Waals surface area contributed by atoms with Gasteiger partial charge in [0, 0.05) is 18.7 Å². The Morgan fingerprint density at radius 3 is 2.47 bits per heavy atom. The summed E-state index contributed by atoms with van der Waals surface area (Å²) >= 11 is 0. The van der Waals surface area contributed by atoms with Crippen molar-refractivity contribution in [2.45, 2.75) is 46.5 Å². The second-order valence-electron chi connectivity index (χ2n) is 7.87. The highest BCUT2D eigenvalue weighted by molar-refractivity contribution is 5.95. The van der Waals surface area contributed by atoms with Gasteiger partial charge in [-0.15, -0.1) is 0 Å². The molecule has 1 amide bonds. The highest BCUT2D eigenvalue weighted by Gasteiger charge is 2.18. The molecule has 158 valence electrons. The fraction of sp³-hybridized carbons (Fsp3) is 0.375. The number of carbonyl (C=O) groups excluding carboxylic acids is 1. The SMILES string of the molecule is C/C(=C\C(C)=C(/C)O)c1cc(-c2cccc(C(=O)N3CCCCCC3)c2)[nH]c(=O)n1. The van der Waals surface area contributed by atoms with E-state index in [2.05, 4.69) is 9.97 Å². The molecule has 1 aromatic carbocycles. The number of rotatable bonds is 4. The monoisotopic (exact) mass is 407 g/mol. The lowest BCUT2D eigenvalue weighted by Crippen LogP contribution is -2.31. The molecule has 2 heterocycles. The molecule has 6 heteroatoms. The number of likely N-dealkylation sites (tertiary alicyclic amines) is 1. The molecular weight excluding hydrogens is 378 g/mol. The van der Waals surface area contributed by atoms with Gasteiger partial charge in [0.2, 0.25) is 0 Å². The zero-order valence-corrected chi connectivity index (χ0v) is 17.9. The fourth-order valence-corrected chi connectivity index (χ4v) is 3.59. The molecule has 0 radical (unpaired) electrons. The molecule has 0 aliphatic carbocycles. The molecule has 1 aromatic heterocycles. The first-order chi connectivity index (χ1) is 14.3. The van der Waals surface area contributed by atoms with Crippen LogP contribution in [0.5, 0.6) is 0 Å². The molecule has 0 saturated carbocycles. The quantitative estimate of drug-likeness (QED) is 0.568. The van der Waals surface area contributed by atoms with Crippen LogP contribution in [0, 0.1) is 0 Å². The zero-order valence-electron chi connectivity index (χ0n) is 17.9. The maximum absolute atomic E-state index is 13.0. The summed E-state index contributed by atoms with van der Waals surface area (Å²) in [6.45, 7) is 6.84. The molecule has 1 fully saturated rings. The molecule has 6 nitrogen and oxygen atoms in total. The fourth-order valence-electron chi connectivity index (χ4n) is 3.59. The van der Waals surface area contributed by atoms with Crippen molar-refractivity contribution in [3.8, 4) is 11.3 Å². The third-order valence-electron chi connectivity index (χ3n) is 5.47. The van der Waals surface area contributed by atoms with Gasteiger partial charge in [0.1, 0.15) is 0 Å². The number of nitrogens with one attached hydrogen (secondary N) is 1. The molecule has 1 aliphatic heterocycles. The van der Waals surface area contributed by atoms with Crippen LogP contribution in [0.1, 0.15) is 62.5 Å². The lowest BCUT2D eigenvalue weighted by atomic mass is 10.0. The Morgan fingerprint density at radius 2 is 1.80 bits per heavy atom. The van der Waals surface area contributed by atoms with Crippen molar-refractivity contribution in [1.29, 1.82) is 0 Å². The van der Waals surface area contributed by atoms with E-state index in [0.717, 1.165) is 37.1 Å². The molecule has 0 spiro atoms. The zero-order chi connectivity index (χ0) is 21.7. The average molecular weight is 408 g/mol. The second-order valence-corrected chi connectivity index (χ2v) is 7.87. The molecule has 30 heavy (non-hydrogen) atoms. The van der Waals surface area contributed by atoms with Crippen molar-refractivity contribution in [3.05, 3.63) is 69.5 Å². The predicted molar refractivity (Wildman–Crippen MR) is 119 cm³/mol. The smallest absolute Gasteiger partial charge is 0.345 e. The van der Waals surface area contributed by atoms with Crippen LogP contribution in [-0.4, -0.2) is 39.0 Å². The van der Waals surface area contributed by atoms with Crippen molar-refractivity contribution in [2.75, 3.05) is 13.1 Å². The number of nitrogens with zero attached hydrogens (tertiary/aromatic N) is 2. The summed E-state index contributed by atoms with van der Waals surface area (Å²) in [6, 6.07) is 9.15. The molecular formula is C24H29N3O3. The predicted octanol–water partition coefficient (Wildman–Crippen LogP) is 4.71. The van der Waals surface area contributed by atoms with E-state index in [0.29, 0.717) is 22.5 Å². The number of aromatic amines is 1. The summed E-state index contributed by atoms with van der Waals surface area (Å²) < 4.78 is 0. The van der Waals surface area contributed by atoms with E-state index in [9.17, 15) is 14.7 Å². The van der Waals surface area contributed by atoms with Crippen molar-refractivity contribution in [3.63, 3.8) is 0 Å². The molecule has 0 atom stereocenters. The van der Waals surface area contributed by atoms with Crippen LogP contribution < -0.4 is 5.69 Å². The molecule has 0 unspecified atom stereocenters. The van der Waals surface area contributed by atoms with E-state index in [1.54, 1.807) is 26.0 Å². The summed E-state index contributed by atoms with van der Waals surface area (Å²) in [5.41, 5.74) is 3.53. The third kappa shape index (κ3) is 5.26. The lowest BCUT2D eigenvalue weighted by molar-refractivity contribution is 0.0761. The largest absolute Gasteiger partial charge is 0.512 e. The number of amides is 1. The first-order valence-electron chi connectivity index (χ1n) is 10.4. The van der Waals surface area contributed by atoms with Crippen LogP contribution in [0.25, 0.3) is 16.8 Å². The number of aromatic nitrogens is 2. The van der Waals surface area contributed by atoms with Crippen LogP contribution >= 0.6 is 0 Å². The molecule has 1 saturated heterocycles. The van der Waals surface area contributed by atoms with Crippen molar-refractivity contribution in [1.82, 2.24) is 14.9 Å². The highest BCUT2D eigenvalue weighted by atomic mass is 16.3.